The normalized spacial score (nSPS) is 10.1. The summed E-state index contributed by atoms with van der Waals surface area (Å²) in [5.74, 6) is 5.31. The van der Waals surface area contributed by atoms with Gasteiger partial charge in [-0.25, -0.2) is 4.39 Å². The highest BCUT2D eigenvalue weighted by Crippen LogP contribution is 2.10. The van der Waals surface area contributed by atoms with Crippen molar-refractivity contribution in [1.82, 2.24) is 4.98 Å². The zero-order valence-electron chi connectivity index (χ0n) is 10.5. The fourth-order valence-electron chi connectivity index (χ4n) is 1.95. The molecule has 2 aromatic carbocycles. The third kappa shape index (κ3) is 2.32. The molecule has 20 heavy (non-hydrogen) atoms. The van der Waals surface area contributed by atoms with Crippen molar-refractivity contribution in [2.45, 2.75) is 0 Å². The van der Waals surface area contributed by atoms with Crippen LogP contribution in [0.25, 0.3) is 10.9 Å². The Hall–Kier alpha value is -2.86. The Morgan fingerprint density at radius 2 is 1.85 bits per heavy atom. The lowest BCUT2D eigenvalue weighted by Crippen LogP contribution is -1.99. The van der Waals surface area contributed by atoms with E-state index in [4.69, 9.17) is 0 Å². The second kappa shape index (κ2) is 5.02. The van der Waals surface area contributed by atoms with E-state index in [0.29, 0.717) is 16.5 Å². The minimum Gasteiger partial charge on any atom is -0.361 e. The van der Waals surface area contributed by atoms with Crippen molar-refractivity contribution < 1.29 is 4.39 Å². The summed E-state index contributed by atoms with van der Waals surface area (Å²) in [7, 11) is 0. The molecule has 1 N–H and O–H groups in total. The van der Waals surface area contributed by atoms with Crippen LogP contribution in [0.4, 0.5) is 4.39 Å². The third-order valence-electron chi connectivity index (χ3n) is 2.97. The molecule has 3 aromatic rings. The van der Waals surface area contributed by atoms with Gasteiger partial charge in [0, 0.05) is 28.7 Å². The van der Waals surface area contributed by atoms with Crippen molar-refractivity contribution in [2.24, 2.45) is 0 Å². The number of benzene rings is 2. The molecule has 0 unspecified atom stereocenters. The first-order valence-corrected chi connectivity index (χ1v) is 6.12. The van der Waals surface area contributed by atoms with E-state index in [2.05, 4.69) is 16.8 Å². The number of nitrogens with one attached hydrogen (secondary N) is 1. The summed E-state index contributed by atoms with van der Waals surface area (Å²) in [4.78, 5) is 14.7. The molecule has 1 heterocycles. The molecular formula is C17H10FNO. The fraction of sp³-hybridized carbons (Fsp3) is 0. The van der Waals surface area contributed by atoms with Gasteiger partial charge >= 0.3 is 0 Å². The van der Waals surface area contributed by atoms with E-state index in [-0.39, 0.29) is 11.2 Å². The number of pyridine rings is 1. The Kier molecular flexibility index (Phi) is 3.06. The van der Waals surface area contributed by atoms with Crippen LogP contribution in [0.3, 0.4) is 0 Å². The number of hydrogen-bond acceptors (Lipinski definition) is 1. The molecule has 1 aromatic heterocycles. The predicted molar refractivity (Wildman–Crippen MR) is 76.9 cm³/mol. The SMILES string of the molecule is O=c1cc[nH]c2ccc(C#Cc3ccccc3F)cc12. The molecule has 0 aliphatic rings. The van der Waals surface area contributed by atoms with Crippen molar-refractivity contribution in [3.63, 3.8) is 0 Å². The highest BCUT2D eigenvalue weighted by atomic mass is 19.1. The van der Waals surface area contributed by atoms with Gasteiger partial charge in [0.05, 0.1) is 5.56 Å². The highest BCUT2D eigenvalue weighted by molar-refractivity contribution is 5.79. The molecule has 3 rings (SSSR count). The number of fused-ring (bicyclic) bond motifs is 1. The summed E-state index contributed by atoms with van der Waals surface area (Å²) in [5.41, 5.74) is 1.72. The second-order valence-electron chi connectivity index (χ2n) is 4.33. The number of aromatic amines is 1. The minimum atomic E-state index is -0.348. The Morgan fingerprint density at radius 3 is 2.70 bits per heavy atom. The number of aromatic nitrogens is 1. The van der Waals surface area contributed by atoms with E-state index < -0.39 is 0 Å². The van der Waals surface area contributed by atoms with E-state index in [0.717, 1.165) is 5.52 Å². The van der Waals surface area contributed by atoms with Gasteiger partial charge in [0.25, 0.3) is 0 Å². The molecule has 0 saturated carbocycles. The Morgan fingerprint density at radius 1 is 1.00 bits per heavy atom. The summed E-state index contributed by atoms with van der Waals surface area (Å²) >= 11 is 0. The number of halogens is 1. The van der Waals surface area contributed by atoms with E-state index in [1.54, 1.807) is 42.6 Å². The molecule has 0 fully saturated rings. The fourth-order valence-corrected chi connectivity index (χ4v) is 1.95. The monoisotopic (exact) mass is 263 g/mol. The maximum Gasteiger partial charge on any atom is 0.189 e. The van der Waals surface area contributed by atoms with Crippen molar-refractivity contribution in [2.75, 3.05) is 0 Å². The van der Waals surface area contributed by atoms with Crippen LogP contribution in [0.2, 0.25) is 0 Å². The standard InChI is InChI=1S/C17H10FNO/c18-15-4-2-1-3-13(15)7-5-12-6-8-16-14(11-12)17(20)9-10-19-16/h1-4,6,8-11H,(H,19,20). The maximum atomic E-state index is 13.5. The third-order valence-corrected chi connectivity index (χ3v) is 2.97. The lowest BCUT2D eigenvalue weighted by Gasteiger charge is -1.97. The highest BCUT2D eigenvalue weighted by Gasteiger charge is 1.99. The Balaban J connectivity index is 2.07. The lowest BCUT2D eigenvalue weighted by molar-refractivity contribution is 0.624. The topological polar surface area (TPSA) is 32.9 Å². The summed E-state index contributed by atoms with van der Waals surface area (Å²) in [6, 6.07) is 13.1. The summed E-state index contributed by atoms with van der Waals surface area (Å²) in [6.45, 7) is 0. The smallest absolute Gasteiger partial charge is 0.189 e. The van der Waals surface area contributed by atoms with Crippen molar-refractivity contribution in [3.05, 3.63) is 81.9 Å². The Labute approximate surface area is 114 Å². The van der Waals surface area contributed by atoms with Gasteiger partial charge < -0.3 is 4.98 Å². The van der Waals surface area contributed by atoms with E-state index >= 15 is 0 Å². The zero-order chi connectivity index (χ0) is 13.9. The van der Waals surface area contributed by atoms with Gasteiger partial charge in [-0.2, -0.15) is 0 Å². The molecule has 0 aliphatic heterocycles. The molecule has 0 atom stereocenters. The van der Waals surface area contributed by atoms with E-state index in [9.17, 15) is 9.18 Å². The van der Waals surface area contributed by atoms with Crippen LogP contribution in [-0.4, -0.2) is 4.98 Å². The molecule has 3 heteroatoms. The van der Waals surface area contributed by atoms with Crippen molar-refractivity contribution in [3.8, 4) is 11.8 Å². The predicted octanol–water partition coefficient (Wildman–Crippen LogP) is 3.07. The molecule has 0 aliphatic carbocycles. The quantitative estimate of drug-likeness (QED) is 0.621. The average Bonchev–Trinajstić information content (AvgIpc) is 2.47. The van der Waals surface area contributed by atoms with Crippen LogP contribution >= 0.6 is 0 Å². The van der Waals surface area contributed by atoms with Gasteiger partial charge in [0.15, 0.2) is 5.43 Å². The molecule has 0 saturated heterocycles. The molecule has 0 radical (unpaired) electrons. The molecule has 2 nitrogen and oxygen atoms in total. The van der Waals surface area contributed by atoms with Crippen LogP contribution in [0.15, 0.2) is 59.5 Å². The van der Waals surface area contributed by atoms with E-state index in [1.807, 2.05) is 0 Å². The zero-order valence-corrected chi connectivity index (χ0v) is 10.5. The first kappa shape index (κ1) is 12.2. The van der Waals surface area contributed by atoms with Crippen LogP contribution in [0.1, 0.15) is 11.1 Å². The van der Waals surface area contributed by atoms with Crippen LogP contribution < -0.4 is 5.43 Å². The van der Waals surface area contributed by atoms with Gasteiger partial charge in [-0.1, -0.05) is 24.0 Å². The lowest BCUT2D eigenvalue weighted by atomic mass is 10.1. The summed E-state index contributed by atoms with van der Waals surface area (Å²) in [5, 5.41) is 0.577. The van der Waals surface area contributed by atoms with Gasteiger partial charge in [-0.3, -0.25) is 4.79 Å². The number of rotatable bonds is 0. The van der Waals surface area contributed by atoms with E-state index in [1.165, 1.54) is 12.1 Å². The maximum absolute atomic E-state index is 13.5. The molecule has 0 spiro atoms. The van der Waals surface area contributed by atoms with Gasteiger partial charge in [-0.05, 0) is 30.3 Å². The first-order chi connectivity index (χ1) is 9.74. The molecule has 0 bridgehead atoms. The summed E-state index contributed by atoms with van der Waals surface area (Å²) < 4.78 is 13.5. The largest absolute Gasteiger partial charge is 0.361 e. The second-order valence-corrected chi connectivity index (χ2v) is 4.33. The molecule has 0 amide bonds. The van der Waals surface area contributed by atoms with Gasteiger partial charge in [-0.15, -0.1) is 0 Å². The Bertz CT molecular complexity index is 900. The molecular weight excluding hydrogens is 253 g/mol. The van der Waals surface area contributed by atoms with Crippen molar-refractivity contribution >= 4 is 10.9 Å². The first-order valence-electron chi connectivity index (χ1n) is 6.12. The van der Waals surface area contributed by atoms with Crippen LogP contribution in [0.5, 0.6) is 0 Å². The van der Waals surface area contributed by atoms with Gasteiger partial charge in [0.1, 0.15) is 5.82 Å². The van der Waals surface area contributed by atoms with Crippen molar-refractivity contribution in [1.29, 1.82) is 0 Å². The minimum absolute atomic E-state index is 0.0618. The van der Waals surface area contributed by atoms with Crippen LogP contribution in [-0.2, 0) is 0 Å². The average molecular weight is 263 g/mol. The molecule has 96 valence electrons. The van der Waals surface area contributed by atoms with Crippen LogP contribution in [0, 0.1) is 17.7 Å². The van der Waals surface area contributed by atoms with Gasteiger partial charge in [0.2, 0.25) is 0 Å². The number of H-pyrrole nitrogens is 1. The number of hydrogen-bond donors (Lipinski definition) is 1. The summed E-state index contributed by atoms with van der Waals surface area (Å²) in [6.07, 6.45) is 1.61.